The van der Waals surface area contributed by atoms with Gasteiger partial charge < -0.3 is 0 Å². The second-order valence-electron chi connectivity index (χ2n) is 1.85. The van der Waals surface area contributed by atoms with Gasteiger partial charge in [-0.05, 0) is 0 Å². The summed E-state index contributed by atoms with van der Waals surface area (Å²) in [5, 5.41) is -0.154. The summed E-state index contributed by atoms with van der Waals surface area (Å²) in [6.45, 7) is 0. The van der Waals surface area contributed by atoms with E-state index in [0.29, 0.717) is 0 Å². The highest BCUT2D eigenvalue weighted by molar-refractivity contribution is 7.51. The summed E-state index contributed by atoms with van der Waals surface area (Å²) in [5.74, 6) is -1.57. The second kappa shape index (κ2) is 2.15. The molecule has 0 unspecified atom stereocenters. The summed E-state index contributed by atoms with van der Waals surface area (Å²) >= 11 is 16.0. The molecule has 8 heteroatoms. The normalized spacial score (nSPS) is 45.7. The van der Waals surface area contributed by atoms with Crippen LogP contribution in [-0.2, 0) is 18.1 Å². The van der Waals surface area contributed by atoms with Crippen LogP contribution in [0.3, 0.4) is 0 Å². The van der Waals surface area contributed by atoms with Gasteiger partial charge in [0.1, 0.15) is 9.52 Å². The molecule has 3 fully saturated rings. The molecule has 11 heavy (non-hydrogen) atoms. The van der Waals surface area contributed by atoms with Gasteiger partial charge in [0, 0.05) is 0 Å². The molecular weight excluding hydrogens is 237 g/mol. The minimum absolute atomic E-state index is 0.154. The molecule has 0 radical (unpaired) electrons. The standard InChI is InChI=1S/C3Cl3O4P/c4-1(2(5)6)3-8-11(7,9-3)10-3. The lowest BCUT2D eigenvalue weighted by Gasteiger charge is -2.54. The van der Waals surface area contributed by atoms with Crippen LogP contribution in [0.2, 0.25) is 0 Å². The first-order valence-electron chi connectivity index (χ1n) is 2.41. The van der Waals surface area contributed by atoms with Crippen molar-refractivity contribution in [3.8, 4) is 0 Å². The van der Waals surface area contributed by atoms with E-state index in [2.05, 4.69) is 13.6 Å². The lowest BCUT2D eigenvalue weighted by atomic mass is 10.5. The Morgan fingerprint density at radius 1 is 1.18 bits per heavy atom. The van der Waals surface area contributed by atoms with E-state index in [-0.39, 0.29) is 9.52 Å². The second-order valence-corrected chi connectivity index (χ2v) is 4.62. The van der Waals surface area contributed by atoms with Crippen molar-refractivity contribution in [3.05, 3.63) is 9.52 Å². The molecule has 4 nitrogen and oxygen atoms in total. The molecule has 0 saturated carbocycles. The largest absolute Gasteiger partial charge is 0.488 e. The van der Waals surface area contributed by atoms with Crippen molar-refractivity contribution >= 4 is 42.6 Å². The van der Waals surface area contributed by atoms with Crippen molar-refractivity contribution in [1.29, 1.82) is 0 Å². The smallest absolute Gasteiger partial charge is 0.227 e. The predicted molar refractivity (Wildman–Crippen MR) is 38.2 cm³/mol. The van der Waals surface area contributed by atoms with Crippen molar-refractivity contribution < 1.29 is 18.1 Å². The Kier molecular flexibility index (Phi) is 1.62. The molecule has 62 valence electrons. The van der Waals surface area contributed by atoms with E-state index in [4.69, 9.17) is 34.8 Å². The SMILES string of the molecule is O=P12OC(C(Cl)=C(Cl)Cl)(O1)O2. The molecule has 0 aromatic heterocycles. The third kappa shape index (κ3) is 0.988. The van der Waals surface area contributed by atoms with Crippen LogP contribution in [0.5, 0.6) is 0 Å². The molecular formula is C3Cl3O4P. The third-order valence-electron chi connectivity index (χ3n) is 1.13. The molecule has 0 amide bonds. The maximum atomic E-state index is 10.6. The van der Waals surface area contributed by atoms with Crippen LogP contribution >= 0.6 is 42.6 Å². The van der Waals surface area contributed by atoms with Gasteiger partial charge in [-0.2, -0.15) is 0 Å². The Balaban J connectivity index is 2.22. The lowest BCUT2D eigenvalue weighted by molar-refractivity contribution is -0.400. The van der Waals surface area contributed by atoms with Crippen molar-refractivity contribution in [1.82, 2.24) is 0 Å². The molecule has 3 saturated heterocycles. The number of phosphoric ester groups is 1. The maximum Gasteiger partial charge on any atom is 0.488 e. The van der Waals surface area contributed by atoms with Crippen LogP contribution in [-0.4, -0.2) is 5.97 Å². The van der Waals surface area contributed by atoms with E-state index >= 15 is 0 Å². The van der Waals surface area contributed by atoms with E-state index in [0.717, 1.165) is 0 Å². The molecule has 0 N–H and O–H groups in total. The molecule has 0 spiro atoms. The van der Waals surface area contributed by atoms with Crippen LogP contribution in [0.1, 0.15) is 0 Å². The van der Waals surface area contributed by atoms with Gasteiger partial charge in [-0.15, -0.1) is 0 Å². The highest BCUT2D eigenvalue weighted by Gasteiger charge is 2.77. The first kappa shape index (κ1) is 8.32. The molecule has 0 atom stereocenters. The number of halogens is 3. The van der Waals surface area contributed by atoms with Crippen molar-refractivity contribution in [2.24, 2.45) is 0 Å². The summed E-state index contributed by atoms with van der Waals surface area (Å²) in [4.78, 5) is 0. The molecule has 3 heterocycles. The zero-order valence-electron chi connectivity index (χ0n) is 4.71. The van der Waals surface area contributed by atoms with Gasteiger partial charge in [0.15, 0.2) is 0 Å². The average molecular weight is 237 g/mol. The van der Waals surface area contributed by atoms with Crippen LogP contribution < -0.4 is 0 Å². The van der Waals surface area contributed by atoms with Crippen molar-refractivity contribution in [2.45, 2.75) is 5.97 Å². The summed E-state index contributed by atoms with van der Waals surface area (Å²) in [7, 11) is -3.22. The first-order valence-corrected chi connectivity index (χ1v) is 5.00. The molecule has 0 aliphatic carbocycles. The van der Waals surface area contributed by atoms with Gasteiger partial charge >= 0.3 is 13.8 Å². The fraction of sp³-hybridized carbons (Fsp3) is 0.333. The van der Waals surface area contributed by atoms with E-state index in [1.807, 2.05) is 0 Å². The fourth-order valence-electron chi connectivity index (χ4n) is 0.698. The van der Waals surface area contributed by atoms with Gasteiger partial charge in [0.2, 0.25) is 0 Å². The first-order chi connectivity index (χ1) is 4.98. The molecule has 3 rings (SSSR count). The Hall–Kier alpha value is 0.720. The van der Waals surface area contributed by atoms with Crippen LogP contribution in [0.15, 0.2) is 9.52 Å². The molecule has 0 aromatic carbocycles. The van der Waals surface area contributed by atoms with E-state index < -0.39 is 13.8 Å². The molecule has 2 bridgehead atoms. The number of hydrogen-bond donors (Lipinski definition) is 0. The van der Waals surface area contributed by atoms with Gasteiger partial charge in [-0.3, -0.25) is 0 Å². The van der Waals surface area contributed by atoms with Crippen LogP contribution in [0.4, 0.5) is 0 Å². The number of hydrogen-bond acceptors (Lipinski definition) is 4. The monoisotopic (exact) mass is 236 g/mol. The summed E-state index contributed by atoms with van der Waals surface area (Å²) in [6, 6.07) is 0. The number of rotatable bonds is 1. The third-order valence-corrected chi connectivity index (χ3v) is 3.51. The maximum absolute atomic E-state index is 10.6. The molecule has 3 aliphatic heterocycles. The van der Waals surface area contributed by atoms with Gasteiger partial charge in [0.25, 0.3) is 0 Å². The zero-order chi connectivity index (χ0) is 8.28. The Morgan fingerprint density at radius 2 is 1.64 bits per heavy atom. The topological polar surface area (TPSA) is 44.8 Å². The highest BCUT2D eigenvalue weighted by Crippen LogP contribution is 2.82. The Morgan fingerprint density at radius 3 is 1.91 bits per heavy atom. The minimum Gasteiger partial charge on any atom is -0.227 e. The fourth-order valence-corrected chi connectivity index (χ4v) is 2.40. The summed E-state index contributed by atoms with van der Waals surface area (Å²) in [6.07, 6.45) is 0. The zero-order valence-corrected chi connectivity index (χ0v) is 7.88. The lowest BCUT2D eigenvalue weighted by Crippen LogP contribution is -2.57. The molecule has 0 aromatic rings. The van der Waals surface area contributed by atoms with E-state index in [9.17, 15) is 4.57 Å². The Bertz CT molecular complexity index is 268. The number of phosphoric acid groups is 1. The Labute approximate surface area is 76.6 Å². The van der Waals surface area contributed by atoms with Crippen molar-refractivity contribution in [2.75, 3.05) is 0 Å². The minimum atomic E-state index is -3.22. The summed E-state index contributed by atoms with van der Waals surface area (Å²) in [5.41, 5.74) is 0. The van der Waals surface area contributed by atoms with Crippen LogP contribution in [0.25, 0.3) is 0 Å². The van der Waals surface area contributed by atoms with Gasteiger partial charge in [-0.25, -0.2) is 18.1 Å². The average Bonchev–Trinajstić information content (AvgIpc) is 1.77. The molecule has 3 aliphatic rings. The summed E-state index contributed by atoms with van der Waals surface area (Å²) < 4.78 is 24.1. The quantitative estimate of drug-likeness (QED) is 0.658. The van der Waals surface area contributed by atoms with Gasteiger partial charge in [0.05, 0.1) is 0 Å². The van der Waals surface area contributed by atoms with E-state index in [1.165, 1.54) is 0 Å². The van der Waals surface area contributed by atoms with E-state index in [1.54, 1.807) is 0 Å². The van der Waals surface area contributed by atoms with Gasteiger partial charge in [-0.1, -0.05) is 34.8 Å². The highest BCUT2D eigenvalue weighted by atomic mass is 35.5. The van der Waals surface area contributed by atoms with Crippen molar-refractivity contribution in [3.63, 3.8) is 0 Å². The predicted octanol–water partition coefficient (Wildman–Crippen LogP) is 2.71. The van der Waals surface area contributed by atoms with Crippen LogP contribution in [0, 0.1) is 0 Å².